The zero-order valence-corrected chi connectivity index (χ0v) is 13.1. The van der Waals surface area contributed by atoms with E-state index in [1.54, 1.807) is 6.20 Å². The summed E-state index contributed by atoms with van der Waals surface area (Å²) in [5, 5.41) is 0. The molecule has 1 aromatic heterocycles. The lowest BCUT2D eigenvalue weighted by atomic mass is 9.85. The molecule has 0 bridgehead atoms. The van der Waals surface area contributed by atoms with Crippen molar-refractivity contribution in [2.75, 3.05) is 0 Å². The van der Waals surface area contributed by atoms with Crippen LogP contribution in [0.1, 0.15) is 32.4 Å². The van der Waals surface area contributed by atoms with E-state index in [1.165, 1.54) is 0 Å². The summed E-state index contributed by atoms with van der Waals surface area (Å²) in [6.45, 7) is 10.9. The van der Waals surface area contributed by atoms with E-state index in [-0.39, 0.29) is 11.5 Å². The Morgan fingerprint density at radius 2 is 2.00 bits per heavy atom. The summed E-state index contributed by atoms with van der Waals surface area (Å²) in [4.78, 5) is 4.27. The molecule has 0 amide bonds. The first kappa shape index (κ1) is 13.9. The second kappa shape index (κ2) is 5.43. The maximum Gasteiger partial charge on any atom is 0.205 e. The smallest absolute Gasteiger partial charge is 0.205 e. The highest BCUT2D eigenvalue weighted by Crippen LogP contribution is 2.38. The van der Waals surface area contributed by atoms with Crippen LogP contribution in [-0.2, 0) is 4.43 Å². The molecule has 4 heteroatoms. The molecule has 0 N–H and O–H groups in total. The summed E-state index contributed by atoms with van der Waals surface area (Å²) in [7, 11) is -0.728. The van der Waals surface area contributed by atoms with Crippen molar-refractivity contribution in [1.29, 1.82) is 0 Å². The van der Waals surface area contributed by atoms with Gasteiger partial charge in [-0.25, -0.2) is 4.98 Å². The predicted molar refractivity (Wildman–Crippen MR) is 72.7 cm³/mol. The Labute approximate surface area is 108 Å². The molecular weight excluding hydrogens is 282 g/mol. The van der Waals surface area contributed by atoms with Crippen molar-refractivity contribution in [3.63, 3.8) is 0 Å². The molecule has 0 aliphatic rings. The van der Waals surface area contributed by atoms with Gasteiger partial charge in [0.05, 0.1) is 6.10 Å². The van der Waals surface area contributed by atoms with Crippen molar-refractivity contribution in [2.45, 2.75) is 40.0 Å². The number of pyridine rings is 1. The molecule has 1 aromatic rings. The van der Waals surface area contributed by atoms with Gasteiger partial charge < -0.3 is 4.43 Å². The van der Waals surface area contributed by atoms with E-state index in [2.05, 4.69) is 60.8 Å². The van der Waals surface area contributed by atoms with E-state index in [1.807, 2.05) is 6.07 Å². The minimum absolute atomic E-state index is 0.0769. The summed E-state index contributed by atoms with van der Waals surface area (Å²) in [6, 6.07) is 4.04. The fourth-order valence-corrected chi connectivity index (χ4v) is 2.95. The first-order valence-corrected chi connectivity index (χ1v) is 8.59. The van der Waals surface area contributed by atoms with Crippen LogP contribution in [0.25, 0.3) is 0 Å². The highest BCUT2D eigenvalue weighted by Gasteiger charge is 2.29. The molecule has 1 rings (SSSR count). The second-order valence-corrected chi connectivity index (χ2v) is 7.96. The van der Waals surface area contributed by atoms with E-state index >= 15 is 0 Å². The normalized spacial score (nSPS) is 14.2. The topological polar surface area (TPSA) is 22.1 Å². The minimum Gasteiger partial charge on any atom is -0.410 e. The quantitative estimate of drug-likeness (QED) is 0.616. The highest BCUT2D eigenvalue weighted by molar-refractivity contribution is 9.10. The van der Waals surface area contributed by atoms with Crippen LogP contribution >= 0.6 is 15.9 Å². The molecule has 0 aliphatic carbocycles. The lowest BCUT2D eigenvalue weighted by Crippen LogP contribution is -2.26. The van der Waals surface area contributed by atoms with Gasteiger partial charge in [0.25, 0.3) is 0 Å². The molecule has 16 heavy (non-hydrogen) atoms. The van der Waals surface area contributed by atoms with Crippen molar-refractivity contribution in [3.05, 3.63) is 28.5 Å². The second-order valence-electron chi connectivity index (χ2n) is 5.16. The Balaban J connectivity index is 3.07. The molecule has 89 valence electrons. The first-order chi connectivity index (χ1) is 7.32. The molecule has 1 heterocycles. The number of rotatable bonds is 3. The Kier molecular flexibility index (Phi) is 4.70. The van der Waals surface area contributed by atoms with Crippen molar-refractivity contribution in [1.82, 2.24) is 4.98 Å². The molecule has 0 saturated carbocycles. The molecule has 0 aromatic carbocycles. The van der Waals surface area contributed by atoms with Crippen LogP contribution in [0.4, 0.5) is 0 Å². The van der Waals surface area contributed by atoms with E-state index in [0.29, 0.717) is 0 Å². The third kappa shape index (κ3) is 3.68. The van der Waals surface area contributed by atoms with Gasteiger partial charge in [0.1, 0.15) is 4.60 Å². The van der Waals surface area contributed by atoms with E-state index in [0.717, 1.165) is 10.2 Å². The van der Waals surface area contributed by atoms with Gasteiger partial charge in [-0.1, -0.05) is 26.8 Å². The van der Waals surface area contributed by atoms with Crippen LogP contribution in [0, 0.1) is 5.41 Å². The number of hydrogen-bond acceptors (Lipinski definition) is 2. The maximum absolute atomic E-state index is 6.11. The average molecular weight is 301 g/mol. The van der Waals surface area contributed by atoms with Crippen molar-refractivity contribution in [2.24, 2.45) is 5.41 Å². The van der Waals surface area contributed by atoms with Crippen molar-refractivity contribution < 1.29 is 4.43 Å². The molecule has 2 nitrogen and oxygen atoms in total. The van der Waals surface area contributed by atoms with Crippen LogP contribution in [0.2, 0.25) is 13.1 Å². The van der Waals surface area contributed by atoms with Gasteiger partial charge in [0.2, 0.25) is 9.04 Å². The molecule has 0 fully saturated rings. The molecular formula is C12H19BrNOSi. The summed E-state index contributed by atoms with van der Waals surface area (Å²) >= 11 is 3.50. The summed E-state index contributed by atoms with van der Waals surface area (Å²) in [6.07, 6.45) is 1.89. The molecule has 1 radical (unpaired) electrons. The van der Waals surface area contributed by atoms with Crippen LogP contribution in [0.3, 0.4) is 0 Å². The van der Waals surface area contributed by atoms with Gasteiger partial charge in [0, 0.05) is 11.8 Å². The Bertz CT molecular complexity index is 349. The monoisotopic (exact) mass is 300 g/mol. The van der Waals surface area contributed by atoms with Gasteiger partial charge in [-0.2, -0.15) is 0 Å². The van der Waals surface area contributed by atoms with E-state index < -0.39 is 9.04 Å². The lowest BCUT2D eigenvalue weighted by molar-refractivity contribution is 0.0856. The Hall–Kier alpha value is -0.193. The predicted octanol–water partition coefficient (Wildman–Crippen LogP) is 4.20. The zero-order valence-electron chi connectivity index (χ0n) is 10.5. The van der Waals surface area contributed by atoms with Crippen LogP contribution in [0.15, 0.2) is 22.9 Å². The van der Waals surface area contributed by atoms with Gasteiger partial charge in [0.15, 0.2) is 0 Å². The summed E-state index contributed by atoms with van der Waals surface area (Å²) in [5.74, 6) is 0. The lowest BCUT2D eigenvalue weighted by Gasteiger charge is -2.33. The summed E-state index contributed by atoms with van der Waals surface area (Å²) < 4.78 is 7.00. The SMILES string of the molecule is C[Si](C)OC(c1cccnc1Br)C(C)(C)C. The molecule has 0 saturated heterocycles. The number of hydrogen-bond donors (Lipinski definition) is 0. The number of aromatic nitrogens is 1. The van der Waals surface area contributed by atoms with Crippen molar-refractivity contribution >= 4 is 25.0 Å². The van der Waals surface area contributed by atoms with Gasteiger partial charge in [-0.15, -0.1) is 0 Å². The molecule has 1 unspecified atom stereocenters. The first-order valence-electron chi connectivity index (χ1n) is 5.39. The largest absolute Gasteiger partial charge is 0.410 e. The maximum atomic E-state index is 6.11. The molecule has 0 spiro atoms. The fraction of sp³-hybridized carbons (Fsp3) is 0.583. The summed E-state index contributed by atoms with van der Waals surface area (Å²) in [5.41, 5.74) is 1.22. The molecule has 1 atom stereocenters. The standard InChI is InChI=1S/C12H19BrNOSi/c1-12(2,3)10(15-16(4)5)9-7-6-8-14-11(9)13/h6-8,10H,1-5H3. The Morgan fingerprint density at radius 1 is 1.38 bits per heavy atom. The van der Waals surface area contributed by atoms with Gasteiger partial charge in [-0.3, -0.25) is 0 Å². The number of halogens is 1. The third-order valence-corrected chi connectivity index (χ3v) is 3.58. The average Bonchev–Trinajstić information content (AvgIpc) is 2.13. The minimum atomic E-state index is -0.728. The van der Waals surface area contributed by atoms with Crippen LogP contribution in [-0.4, -0.2) is 14.0 Å². The van der Waals surface area contributed by atoms with Gasteiger partial charge in [-0.05, 0) is 40.5 Å². The third-order valence-electron chi connectivity index (χ3n) is 2.21. The van der Waals surface area contributed by atoms with E-state index in [4.69, 9.17) is 4.43 Å². The molecule has 0 aliphatic heterocycles. The zero-order chi connectivity index (χ0) is 12.3. The van der Waals surface area contributed by atoms with Gasteiger partial charge >= 0.3 is 0 Å². The fourth-order valence-electron chi connectivity index (χ4n) is 1.54. The number of nitrogens with zero attached hydrogens (tertiary/aromatic N) is 1. The van der Waals surface area contributed by atoms with Crippen LogP contribution < -0.4 is 0 Å². The Morgan fingerprint density at radius 3 is 2.44 bits per heavy atom. The highest BCUT2D eigenvalue weighted by atomic mass is 79.9. The van der Waals surface area contributed by atoms with E-state index in [9.17, 15) is 0 Å². The van der Waals surface area contributed by atoms with Crippen molar-refractivity contribution in [3.8, 4) is 0 Å². The van der Waals surface area contributed by atoms with Crippen LogP contribution in [0.5, 0.6) is 0 Å².